The lowest BCUT2D eigenvalue weighted by Gasteiger charge is -2.08. The maximum atomic E-state index is 13.7. The Labute approximate surface area is 225 Å². The van der Waals surface area contributed by atoms with E-state index in [1.807, 2.05) is 13.0 Å². The Morgan fingerprint density at radius 1 is 1.08 bits per heavy atom. The van der Waals surface area contributed by atoms with E-state index in [-0.39, 0.29) is 30.2 Å². The standard InChI is InChI=1S/C26H20Cl2FN5O2S/c1-14-9-22(32-34(14)18-7-8-20(27)21(28)10-18)24-15(2)31-26-33(25(24)36)19(13-37-26)11-23(35)30-12-16-3-5-17(29)6-4-16/h3-10,13H,11-12H2,1-2H3,(H,30,35). The third-order valence-corrected chi connectivity index (χ3v) is 7.47. The fraction of sp³-hybridized carbons (Fsp3) is 0.154. The molecule has 0 aliphatic carbocycles. The van der Waals surface area contributed by atoms with Crippen LogP contribution in [0.5, 0.6) is 0 Å². The van der Waals surface area contributed by atoms with Crippen LogP contribution in [0.25, 0.3) is 21.9 Å². The first-order valence-corrected chi connectivity index (χ1v) is 12.9. The summed E-state index contributed by atoms with van der Waals surface area (Å²) in [6.07, 6.45) is -0.0119. The molecule has 0 bridgehead atoms. The van der Waals surface area contributed by atoms with E-state index in [0.29, 0.717) is 43.3 Å². The van der Waals surface area contributed by atoms with Crippen molar-refractivity contribution in [2.75, 3.05) is 0 Å². The first kappa shape index (κ1) is 25.1. The number of halogens is 3. The van der Waals surface area contributed by atoms with Gasteiger partial charge >= 0.3 is 0 Å². The summed E-state index contributed by atoms with van der Waals surface area (Å²) < 4.78 is 16.2. The number of carbonyl (C=O) groups is 1. The molecule has 0 radical (unpaired) electrons. The second-order valence-corrected chi connectivity index (χ2v) is 10.1. The van der Waals surface area contributed by atoms with Crippen molar-refractivity contribution in [3.63, 3.8) is 0 Å². The zero-order valence-electron chi connectivity index (χ0n) is 19.8. The van der Waals surface area contributed by atoms with E-state index >= 15 is 0 Å². The number of hydrogen-bond acceptors (Lipinski definition) is 5. The molecule has 0 saturated carbocycles. The van der Waals surface area contributed by atoms with Crippen molar-refractivity contribution in [1.82, 2.24) is 24.5 Å². The van der Waals surface area contributed by atoms with Gasteiger partial charge < -0.3 is 5.32 Å². The first-order valence-electron chi connectivity index (χ1n) is 11.2. The van der Waals surface area contributed by atoms with Crippen molar-refractivity contribution in [3.8, 4) is 16.9 Å². The van der Waals surface area contributed by atoms with Crippen LogP contribution < -0.4 is 10.9 Å². The van der Waals surface area contributed by atoms with Crippen LogP contribution in [0, 0.1) is 19.7 Å². The molecule has 37 heavy (non-hydrogen) atoms. The summed E-state index contributed by atoms with van der Waals surface area (Å²) in [5, 5.41) is 10.0. The Hall–Kier alpha value is -3.53. The smallest absolute Gasteiger partial charge is 0.268 e. The third-order valence-electron chi connectivity index (χ3n) is 5.86. The molecule has 0 fully saturated rings. The Balaban J connectivity index is 1.46. The second-order valence-electron chi connectivity index (χ2n) is 8.48. The third kappa shape index (κ3) is 5.02. The van der Waals surface area contributed by atoms with Gasteiger partial charge in [0, 0.05) is 23.3 Å². The molecular weight excluding hydrogens is 536 g/mol. The van der Waals surface area contributed by atoms with Crippen molar-refractivity contribution < 1.29 is 9.18 Å². The largest absolute Gasteiger partial charge is 0.352 e. The average Bonchev–Trinajstić information content (AvgIpc) is 3.43. The number of aromatic nitrogens is 4. The fourth-order valence-corrected chi connectivity index (χ4v) is 5.25. The highest BCUT2D eigenvalue weighted by atomic mass is 35.5. The Kier molecular flexibility index (Phi) is 6.85. The number of rotatable bonds is 6. The summed E-state index contributed by atoms with van der Waals surface area (Å²) in [7, 11) is 0. The highest BCUT2D eigenvalue weighted by Crippen LogP contribution is 2.27. The highest BCUT2D eigenvalue weighted by molar-refractivity contribution is 7.15. The van der Waals surface area contributed by atoms with Gasteiger partial charge in [0.05, 0.1) is 33.4 Å². The number of aryl methyl sites for hydroxylation is 2. The van der Waals surface area contributed by atoms with Gasteiger partial charge in [0.2, 0.25) is 5.91 Å². The predicted molar refractivity (Wildman–Crippen MR) is 143 cm³/mol. The number of nitrogens with zero attached hydrogens (tertiary/aromatic N) is 4. The van der Waals surface area contributed by atoms with Crippen LogP contribution in [0.1, 0.15) is 22.6 Å². The second kappa shape index (κ2) is 10.1. The van der Waals surface area contributed by atoms with E-state index < -0.39 is 0 Å². The lowest BCUT2D eigenvalue weighted by atomic mass is 10.1. The normalized spacial score (nSPS) is 11.3. The Morgan fingerprint density at radius 2 is 1.84 bits per heavy atom. The van der Waals surface area contributed by atoms with Crippen LogP contribution in [0.4, 0.5) is 4.39 Å². The van der Waals surface area contributed by atoms with Crippen LogP contribution in [0.2, 0.25) is 10.0 Å². The van der Waals surface area contributed by atoms with Gasteiger partial charge in [-0.2, -0.15) is 5.10 Å². The zero-order chi connectivity index (χ0) is 26.3. The van der Waals surface area contributed by atoms with Gasteiger partial charge in [0.1, 0.15) is 11.5 Å². The van der Waals surface area contributed by atoms with Crippen LogP contribution in [-0.4, -0.2) is 25.1 Å². The summed E-state index contributed by atoms with van der Waals surface area (Å²) in [6.45, 7) is 3.89. The highest BCUT2D eigenvalue weighted by Gasteiger charge is 2.20. The van der Waals surface area contributed by atoms with Crippen molar-refractivity contribution in [2.24, 2.45) is 0 Å². The maximum Gasteiger partial charge on any atom is 0.268 e. The van der Waals surface area contributed by atoms with Crippen LogP contribution in [-0.2, 0) is 17.8 Å². The van der Waals surface area contributed by atoms with Crippen LogP contribution in [0.3, 0.4) is 0 Å². The molecule has 0 aliphatic rings. The number of thiazole rings is 1. The average molecular weight is 556 g/mol. The van der Waals surface area contributed by atoms with E-state index in [2.05, 4.69) is 15.4 Å². The molecule has 5 aromatic rings. The minimum atomic E-state index is -0.338. The van der Waals surface area contributed by atoms with Gasteiger partial charge in [-0.15, -0.1) is 11.3 Å². The molecule has 0 spiro atoms. The summed E-state index contributed by atoms with van der Waals surface area (Å²) >= 11 is 13.5. The van der Waals surface area contributed by atoms with E-state index in [4.69, 9.17) is 23.2 Å². The number of hydrogen-bond donors (Lipinski definition) is 1. The minimum absolute atomic E-state index is 0.0119. The van der Waals surface area contributed by atoms with Gasteiger partial charge in [0.15, 0.2) is 4.96 Å². The number of nitrogens with one attached hydrogen (secondary N) is 1. The van der Waals surface area contributed by atoms with Gasteiger partial charge in [-0.05, 0) is 55.8 Å². The van der Waals surface area contributed by atoms with Gasteiger partial charge in [-0.1, -0.05) is 35.3 Å². The summed E-state index contributed by atoms with van der Waals surface area (Å²) in [6, 6.07) is 12.9. The molecule has 1 amide bonds. The summed E-state index contributed by atoms with van der Waals surface area (Å²) in [5.41, 5.74) is 3.85. The van der Waals surface area contributed by atoms with Crippen LogP contribution in [0.15, 0.2) is 58.7 Å². The molecule has 0 atom stereocenters. The Morgan fingerprint density at radius 3 is 2.57 bits per heavy atom. The van der Waals surface area contributed by atoms with E-state index in [1.54, 1.807) is 47.3 Å². The number of benzene rings is 2. The molecule has 0 saturated heterocycles. The fourth-order valence-electron chi connectivity index (χ4n) is 4.03. The maximum absolute atomic E-state index is 13.7. The number of fused-ring (bicyclic) bond motifs is 1. The molecule has 3 heterocycles. The molecule has 5 rings (SSSR count). The first-order chi connectivity index (χ1) is 17.7. The lowest BCUT2D eigenvalue weighted by molar-refractivity contribution is -0.120. The van der Waals surface area contributed by atoms with Crippen molar-refractivity contribution >= 4 is 45.4 Å². The number of carbonyl (C=O) groups excluding carboxylic acids is 1. The SMILES string of the molecule is Cc1nc2scc(CC(=O)NCc3ccc(F)cc3)n2c(=O)c1-c1cc(C)n(-c2ccc(Cl)c(Cl)c2)n1. The van der Waals surface area contributed by atoms with Crippen molar-refractivity contribution in [2.45, 2.75) is 26.8 Å². The van der Waals surface area contributed by atoms with Gasteiger partial charge in [0.25, 0.3) is 5.56 Å². The van der Waals surface area contributed by atoms with E-state index in [9.17, 15) is 14.0 Å². The molecule has 188 valence electrons. The molecule has 7 nitrogen and oxygen atoms in total. The van der Waals surface area contributed by atoms with Crippen LogP contribution >= 0.6 is 34.5 Å². The molecule has 1 N–H and O–H groups in total. The van der Waals surface area contributed by atoms with E-state index in [0.717, 1.165) is 11.3 Å². The Bertz CT molecular complexity index is 1710. The molecule has 0 aliphatic heterocycles. The molecule has 11 heteroatoms. The van der Waals surface area contributed by atoms with Crippen molar-refractivity contribution in [3.05, 3.63) is 103 Å². The predicted octanol–water partition coefficient (Wildman–Crippen LogP) is 5.53. The molecule has 3 aromatic heterocycles. The minimum Gasteiger partial charge on any atom is -0.352 e. The monoisotopic (exact) mass is 555 g/mol. The number of amides is 1. The van der Waals surface area contributed by atoms with E-state index in [1.165, 1.54) is 27.9 Å². The lowest BCUT2D eigenvalue weighted by Crippen LogP contribution is -2.27. The van der Waals surface area contributed by atoms with Gasteiger partial charge in [-0.3, -0.25) is 14.0 Å². The molecule has 0 unspecified atom stereocenters. The molecular formula is C26H20Cl2FN5O2S. The summed E-state index contributed by atoms with van der Waals surface area (Å²) in [5.74, 6) is -0.604. The molecule has 2 aromatic carbocycles. The van der Waals surface area contributed by atoms with Gasteiger partial charge in [-0.25, -0.2) is 14.1 Å². The quantitative estimate of drug-likeness (QED) is 0.298. The summed E-state index contributed by atoms with van der Waals surface area (Å²) in [4.78, 5) is 31.4. The topological polar surface area (TPSA) is 81.3 Å². The van der Waals surface area contributed by atoms with Crippen molar-refractivity contribution in [1.29, 1.82) is 0 Å². The zero-order valence-corrected chi connectivity index (χ0v) is 22.1.